The van der Waals surface area contributed by atoms with Gasteiger partial charge in [-0.3, -0.25) is 4.79 Å². The van der Waals surface area contributed by atoms with Gasteiger partial charge in [-0.2, -0.15) is 0 Å². The first-order valence-corrected chi connectivity index (χ1v) is 7.49. The van der Waals surface area contributed by atoms with Gasteiger partial charge in [0.25, 0.3) is 0 Å². The van der Waals surface area contributed by atoms with E-state index in [1.165, 1.54) is 0 Å². The first-order valence-electron chi connectivity index (χ1n) is 7.49. The fourth-order valence-corrected chi connectivity index (χ4v) is 2.72. The van der Waals surface area contributed by atoms with Crippen LogP contribution < -0.4 is 5.32 Å². The van der Waals surface area contributed by atoms with Crippen LogP contribution in [0, 0.1) is 0 Å². The first kappa shape index (κ1) is 14.4. The van der Waals surface area contributed by atoms with Gasteiger partial charge in [-0.1, -0.05) is 6.07 Å². The summed E-state index contributed by atoms with van der Waals surface area (Å²) in [6.07, 6.45) is 5.53. The Kier molecular flexibility index (Phi) is 4.27. The Hall–Kier alpha value is -2.50. The number of anilines is 2. The maximum Gasteiger partial charge on any atom is 0.228 e. The summed E-state index contributed by atoms with van der Waals surface area (Å²) in [7, 11) is 0. The molecule has 0 saturated carbocycles. The third-order valence-electron chi connectivity index (χ3n) is 3.87. The summed E-state index contributed by atoms with van der Waals surface area (Å²) in [5.74, 6) is 1.65. The van der Waals surface area contributed by atoms with Gasteiger partial charge in [-0.15, -0.1) is 0 Å². The van der Waals surface area contributed by atoms with Crippen LogP contribution in [0.25, 0.3) is 0 Å². The molecule has 114 valence electrons. The van der Waals surface area contributed by atoms with Crippen LogP contribution in [0.15, 0.2) is 36.7 Å². The lowest BCUT2D eigenvalue weighted by atomic mass is 9.94. The van der Waals surface area contributed by atoms with E-state index >= 15 is 0 Å². The van der Waals surface area contributed by atoms with Crippen LogP contribution in [0.1, 0.15) is 31.4 Å². The van der Waals surface area contributed by atoms with E-state index in [9.17, 15) is 4.79 Å². The van der Waals surface area contributed by atoms with E-state index in [1.807, 2.05) is 29.2 Å². The molecule has 3 rings (SSSR count). The molecule has 1 fully saturated rings. The molecule has 0 unspecified atom stereocenters. The minimum atomic E-state index is 0.130. The van der Waals surface area contributed by atoms with Crippen LogP contribution in [-0.4, -0.2) is 38.8 Å². The van der Waals surface area contributed by atoms with Crippen molar-refractivity contribution in [3.8, 4) is 0 Å². The first-order chi connectivity index (χ1) is 10.7. The molecular weight excluding hydrogens is 278 g/mol. The van der Waals surface area contributed by atoms with Crippen molar-refractivity contribution in [1.82, 2.24) is 19.9 Å². The van der Waals surface area contributed by atoms with Gasteiger partial charge in [-0.25, -0.2) is 15.0 Å². The average molecular weight is 297 g/mol. The molecule has 0 spiro atoms. The number of aromatic nitrogens is 3. The maximum absolute atomic E-state index is 11.6. The Morgan fingerprint density at radius 3 is 2.95 bits per heavy atom. The molecule has 3 heterocycles. The van der Waals surface area contributed by atoms with Gasteiger partial charge in [-0.05, 0) is 31.0 Å². The van der Waals surface area contributed by atoms with Gasteiger partial charge in [0.15, 0.2) is 0 Å². The topological polar surface area (TPSA) is 71.0 Å². The number of rotatable bonds is 3. The molecule has 22 heavy (non-hydrogen) atoms. The highest BCUT2D eigenvalue weighted by Gasteiger charge is 2.24. The smallest absolute Gasteiger partial charge is 0.228 e. The highest BCUT2D eigenvalue weighted by molar-refractivity contribution is 5.73. The minimum absolute atomic E-state index is 0.130. The Labute approximate surface area is 129 Å². The lowest BCUT2D eigenvalue weighted by Gasteiger charge is -2.31. The number of carbonyl (C=O) groups is 1. The lowest BCUT2D eigenvalue weighted by molar-refractivity contribution is -0.130. The van der Waals surface area contributed by atoms with Crippen LogP contribution in [0.3, 0.4) is 0 Å². The number of hydrogen-bond donors (Lipinski definition) is 1. The summed E-state index contributed by atoms with van der Waals surface area (Å²) >= 11 is 0. The molecule has 0 aliphatic carbocycles. The molecule has 2 aromatic rings. The fraction of sp³-hybridized carbons (Fsp3) is 0.375. The summed E-state index contributed by atoms with van der Waals surface area (Å²) < 4.78 is 0. The zero-order chi connectivity index (χ0) is 15.4. The monoisotopic (exact) mass is 297 g/mol. The number of hydrogen-bond acceptors (Lipinski definition) is 5. The van der Waals surface area contributed by atoms with E-state index in [1.54, 1.807) is 19.3 Å². The third-order valence-corrected chi connectivity index (χ3v) is 3.87. The molecule has 6 nitrogen and oxygen atoms in total. The molecule has 1 N–H and O–H groups in total. The SMILES string of the molecule is CC(=O)N1CCC[C@@H](c2ccnc(Nc3ccccn3)n2)C1. The van der Waals surface area contributed by atoms with Crippen LogP contribution in [0.5, 0.6) is 0 Å². The van der Waals surface area contributed by atoms with E-state index in [-0.39, 0.29) is 11.8 Å². The minimum Gasteiger partial charge on any atom is -0.342 e. The normalized spacial score (nSPS) is 18.0. The maximum atomic E-state index is 11.6. The highest BCUT2D eigenvalue weighted by Crippen LogP contribution is 2.26. The fourth-order valence-electron chi connectivity index (χ4n) is 2.72. The summed E-state index contributed by atoms with van der Waals surface area (Å²) in [6, 6.07) is 7.57. The van der Waals surface area contributed by atoms with Gasteiger partial charge in [0, 0.05) is 38.3 Å². The van der Waals surface area contributed by atoms with Crippen molar-refractivity contribution in [2.24, 2.45) is 0 Å². The van der Waals surface area contributed by atoms with Gasteiger partial charge >= 0.3 is 0 Å². The number of nitrogens with zero attached hydrogens (tertiary/aromatic N) is 4. The Morgan fingerprint density at radius 1 is 1.27 bits per heavy atom. The molecule has 0 aromatic carbocycles. The second-order valence-electron chi connectivity index (χ2n) is 5.45. The van der Waals surface area contributed by atoms with Crippen molar-refractivity contribution in [2.45, 2.75) is 25.7 Å². The number of amides is 1. The van der Waals surface area contributed by atoms with Gasteiger partial charge in [0.1, 0.15) is 5.82 Å². The number of pyridine rings is 1. The molecule has 1 aliphatic rings. The van der Waals surface area contributed by atoms with E-state index in [4.69, 9.17) is 0 Å². The van der Waals surface area contributed by atoms with Crippen LogP contribution in [0.2, 0.25) is 0 Å². The lowest BCUT2D eigenvalue weighted by Crippen LogP contribution is -2.37. The molecule has 2 aromatic heterocycles. The van der Waals surface area contributed by atoms with E-state index < -0.39 is 0 Å². The van der Waals surface area contributed by atoms with Crippen LogP contribution >= 0.6 is 0 Å². The quantitative estimate of drug-likeness (QED) is 0.941. The van der Waals surface area contributed by atoms with Gasteiger partial charge < -0.3 is 10.2 Å². The van der Waals surface area contributed by atoms with Gasteiger partial charge in [0.2, 0.25) is 11.9 Å². The van der Waals surface area contributed by atoms with Crippen molar-refractivity contribution < 1.29 is 4.79 Å². The van der Waals surface area contributed by atoms with Crippen molar-refractivity contribution in [1.29, 1.82) is 0 Å². The zero-order valence-electron chi connectivity index (χ0n) is 12.6. The predicted molar refractivity (Wildman–Crippen MR) is 83.8 cm³/mol. The molecule has 1 aliphatic heterocycles. The van der Waals surface area contributed by atoms with E-state index in [0.717, 1.165) is 31.6 Å². The largest absolute Gasteiger partial charge is 0.342 e. The third kappa shape index (κ3) is 3.39. The van der Waals surface area contributed by atoms with Crippen molar-refractivity contribution >= 4 is 17.7 Å². The summed E-state index contributed by atoms with van der Waals surface area (Å²) in [6.45, 7) is 3.20. The Morgan fingerprint density at radius 2 is 2.18 bits per heavy atom. The van der Waals surface area contributed by atoms with Crippen LogP contribution in [0.4, 0.5) is 11.8 Å². The molecule has 1 amide bonds. The predicted octanol–water partition coefficient (Wildman–Crippen LogP) is 2.34. The van der Waals surface area contributed by atoms with Crippen molar-refractivity contribution in [2.75, 3.05) is 18.4 Å². The molecule has 1 saturated heterocycles. The molecule has 1 atom stereocenters. The number of carbonyl (C=O) groups excluding carboxylic acids is 1. The number of likely N-dealkylation sites (tertiary alicyclic amines) is 1. The van der Waals surface area contributed by atoms with E-state index in [0.29, 0.717) is 11.8 Å². The van der Waals surface area contributed by atoms with E-state index in [2.05, 4.69) is 20.3 Å². The van der Waals surface area contributed by atoms with Gasteiger partial charge in [0.05, 0.1) is 5.69 Å². The van der Waals surface area contributed by atoms with Crippen molar-refractivity contribution in [3.63, 3.8) is 0 Å². The number of piperidine rings is 1. The molecule has 6 heteroatoms. The average Bonchev–Trinajstić information content (AvgIpc) is 2.56. The second-order valence-corrected chi connectivity index (χ2v) is 5.45. The Balaban J connectivity index is 1.75. The summed E-state index contributed by atoms with van der Waals surface area (Å²) in [5, 5.41) is 3.10. The Bertz CT molecular complexity index is 646. The highest BCUT2D eigenvalue weighted by atomic mass is 16.2. The second kappa shape index (κ2) is 6.51. The number of nitrogens with one attached hydrogen (secondary N) is 1. The molecule has 0 bridgehead atoms. The zero-order valence-corrected chi connectivity index (χ0v) is 12.6. The molecule has 0 radical (unpaired) electrons. The summed E-state index contributed by atoms with van der Waals surface area (Å²) in [5.41, 5.74) is 0.972. The molecular formula is C16H19N5O. The van der Waals surface area contributed by atoms with Crippen molar-refractivity contribution in [3.05, 3.63) is 42.4 Å². The van der Waals surface area contributed by atoms with Crippen LogP contribution in [-0.2, 0) is 4.79 Å². The summed E-state index contributed by atoms with van der Waals surface area (Å²) in [4.78, 5) is 26.5. The standard InChI is InChI=1S/C16H19N5O/c1-12(22)21-10-4-5-13(11-21)14-7-9-18-16(19-14)20-15-6-2-3-8-17-15/h2-3,6-9,13H,4-5,10-11H2,1H3,(H,17,18,19,20)/t13-/m1/s1.